The Labute approximate surface area is 148 Å². The summed E-state index contributed by atoms with van der Waals surface area (Å²) in [6, 6.07) is 10.9. The second-order valence-corrected chi connectivity index (χ2v) is 8.00. The van der Waals surface area contributed by atoms with E-state index in [0.29, 0.717) is 18.9 Å². The monoisotopic (exact) mass is 366 g/mol. The topological polar surface area (TPSA) is 58.6 Å². The predicted octanol–water partition coefficient (Wildman–Crippen LogP) is 3.27. The van der Waals surface area contributed by atoms with Gasteiger partial charge < -0.3 is 10.1 Å². The van der Waals surface area contributed by atoms with Crippen LogP contribution in [0.15, 0.2) is 47.4 Å². The van der Waals surface area contributed by atoms with E-state index in [-0.39, 0.29) is 10.7 Å². The summed E-state index contributed by atoms with van der Waals surface area (Å²) >= 11 is 0. The molecule has 0 radical (unpaired) electrons. The minimum Gasteiger partial charge on any atom is -0.494 e. The van der Waals surface area contributed by atoms with Crippen LogP contribution < -0.4 is 10.1 Å². The van der Waals surface area contributed by atoms with E-state index < -0.39 is 10.0 Å². The van der Waals surface area contributed by atoms with Gasteiger partial charge in [-0.2, -0.15) is 0 Å². The molecule has 0 spiro atoms. The minimum atomic E-state index is -3.45. The number of rotatable bonds is 8. The summed E-state index contributed by atoms with van der Waals surface area (Å²) in [5.41, 5.74) is 1.75. The van der Waals surface area contributed by atoms with Gasteiger partial charge in [0.2, 0.25) is 10.0 Å². The van der Waals surface area contributed by atoms with E-state index in [1.54, 1.807) is 30.3 Å². The number of benzene rings is 2. The average Bonchev–Trinajstić information content (AvgIpc) is 2.57. The maximum Gasteiger partial charge on any atom is 0.242 e. The number of ether oxygens (including phenoxy) is 1. The Morgan fingerprint density at radius 3 is 2.44 bits per heavy atom. The maximum atomic E-state index is 12.8. The number of halogens is 1. The SMILES string of the molecule is Cc1ccc(S(=O)(=O)N(C)C)cc1NCCCOc1ccc(F)cc1. The molecule has 0 bridgehead atoms. The van der Waals surface area contributed by atoms with Crippen LogP contribution in [-0.4, -0.2) is 40.0 Å². The molecule has 0 fully saturated rings. The Balaban J connectivity index is 1.89. The fraction of sp³-hybridized carbons (Fsp3) is 0.333. The lowest BCUT2D eigenvalue weighted by Crippen LogP contribution is -2.22. The van der Waals surface area contributed by atoms with Gasteiger partial charge in [0.25, 0.3) is 0 Å². The molecule has 0 atom stereocenters. The molecule has 0 aromatic heterocycles. The standard InChI is InChI=1S/C18H23FN2O3S/c1-14-5-10-17(25(22,23)21(2)3)13-18(14)20-11-4-12-24-16-8-6-15(19)7-9-16/h5-10,13,20H,4,11-12H2,1-3H3. The van der Waals surface area contributed by atoms with Gasteiger partial charge in [-0.3, -0.25) is 0 Å². The number of sulfonamides is 1. The van der Waals surface area contributed by atoms with Crippen LogP contribution in [0, 0.1) is 12.7 Å². The van der Waals surface area contributed by atoms with Gasteiger partial charge in [-0.1, -0.05) is 6.07 Å². The molecule has 136 valence electrons. The third-order valence-electron chi connectivity index (χ3n) is 3.71. The molecule has 25 heavy (non-hydrogen) atoms. The van der Waals surface area contributed by atoms with Crippen molar-refractivity contribution in [2.75, 3.05) is 32.6 Å². The van der Waals surface area contributed by atoms with E-state index >= 15 is 0 Å². The molecule has 0 unspecified atom stereocenters. The second-order valence-electron chi connectivity index (χ2n) is 5.85. The lowest BCUT2D eigenvalue weighted by Gasteiger charge is -2.15. The Morgan fingerprint density at radius 1 is 1.12 bits per heavy atom. The number of hydrogen-bond donors (Lipinski definition) is 1. The summed E-state index contributed by atoms with van der Waals surface area (Å²) in [5, 5.41) is 3.24. The van der Waals surface area contributed by atoms with Crippen molar-refractivity contribution >= 4 is 15.7 Å². The van der Waals surface area contributed by atoms with Crippen LogP contribution in [0.5, 0.6) is 5.75 Å². The van der Waals surface area contributed by atoms with Gasteiger partial charge in [0, 0.05) is 26.3 Å². The van der Waals surface area contributed by atoms with Gasteiger partial charge >= 0.3 is 0 Å². The first-order valence-corrected chi connectivity index (χ1v) is 9.40. The number of hydrogen-bond acceptors (Lipinski definition) is 4. The first-order valence-electron chi connectivity index (χ1n) is 7.96. The first-order chi connectivity index (χ1) is 11.8. The van der Waals surface area contributed by atoms with Crippen LogP contribution in [0.4, 0.5) is 10.1 Å². The molecule has 0 aliphatic heterocycles. The smallest absolute Gasteiger partial charge is 0.242 e. The van der Waals surface area contributed by atoms with Crippen molar-refractivity contribution in [2.45, 2.75) is 18.2 Å². The maximum absolute atomic E-state index is 12.8. The van der Waals surface area contributed by atoms with Crippen molar-refractivity contribution in [2.24, 2.45) is 0 Å². The normalized spacial score (nSPS) is 11.6. The zero-order valence-corrected chi connectivity index (χ0v) is 15.4. The predicted molar refractivity (Wildman–Crippen MR) is 97.1 cm³/mol. The quantitative estimate of drug-likeness (QED) is 0.729. The summed E-state index contributed by atoms with van der Waals surface area (Å²) in [4.78, 5) is 0.258. The van der Waals surface area contributed by atoms with Crippen LogP contribution >= 0.6 is 0 Å². The number of nitrogens with zero attached hydrogens (tertiary/aromatic N) is 1. The molecule has 0 heterocycles. The number of nitrogens with one attached hydrogen (secondary N) is 1. The highest BCUT2D eigenvalue weighted by atomic mass is 32.2. The van der Waals surface area contributed by atoms with E-state index in [2.05, 4.69) is 5.32 Å². The van der Waals surface area contributed by atoms with Crippen LogP contribution in [0.25, 0.3) is 0 Å². The van der Waals surface area contributed by atoms with Gasteiger partial charge in [0.05, 0.1) is 11.5 Å². The van der Waals surface area contributed by atoms with E-state index in [1.165, 1.54) is 30.5 Å². The lowest BCUT2D eigenvalue weighted by molar-refractivity contribution is 0.314. The third-order valence-corrected chi connectivity index (χ3v) is 5.52. The van der Waals surface area contributed by atoms with Gasteiger partial charge in [0.1, 0.15) is 11.6 Å². The zero-order chi connectivity index (χ0) is 18.4. The molecular formula is C18H23FN2O3S. The van der Waals surface area contributed by atoms with Gasteiger partial charge in [-0.15, -0.1) is 0 Å². The number of anilines is 1. The van der Waals surface area contributed by atoms with Crippen molar-refractivity contribution in [3.63, 3.8) is 0 Å². The molecule has 0 saturated carbocycles. The molecule has 0 saturated heterocycles. The molecule has 7 heteroatoms. The fourth-order valence-electron chi connectivity index (χ4n) is 2.18. The van der Waals surface area contributed by atoms with Crippen LogP contribution in [0.1, 0.15) is 12.0 Å². The molecular weight excluding hydrogens is 343 g/mol. The second kappa shape index (κ2) is 8.31. The highest BCUT2D eigenvalue weighted by molar-refractivity contribution is 7.89. The molecule has 2 aromatic rings. The number of aryl methyl sites for hydroxylation is 1. The third kappa shape index (κ3) is 5.17. The van der Waals surface area contributed by atoms with Crippen molar-refractivity contribution in [1.29, 1.82) is 0 Å². The lowest BCUT2D eigenvalue weighted by atomic mass is 10.2. The average molecular weight is 366 g/mol. The zero-order valence-electron chi connectivity index (χ0n) is 14.6. The summed E-state index contributed by atoms with van der Waals surface area (Å²) in [6.45, 7) is 3.03. The van der Waals surface area contributed by atoms with Crippen molar-refractivity contribution in [1.82, 2.24) is 4.31 Å². The Hall–Kier alpha value is -2.12. The summed E-state index contributed by atoms with van der Waals surface area (Å²) in [5.74, 6) is 0.328. The Bertz CT molecular complexity index is 806. The molecule has 2 aromatic carbocycles. The van der Waals surface area contributed by atoms with Crippen molar-refractivity contribution in [3.05, 3.63) is 53.8 Å². The van der Waals surface area contributed by atoms with Gasteiger partial charge in [-0.05, 0) is 55.3 Å². The minimum absolute atomic E-state index is 0.258. The molecule has 0 aliphatic rings. The Kier molecular flexibility index (Phi) is 6.39. The van der Waals surface area contributed by atoms with E-state index in [0.717, 1.165) is 17.7 Å². The van der Waals surface area contributed by atoms with E-state index in [4.69, 9.17) is 4.74 Å². The molecule has 0 amide bonds. The van der Waals surface area contributed by atoms with Crippen LogP contribution in [-0.2, 0) is 10.0 Å². The van der Waals surface area contributed by atoms with Gasteiger partial charge in [-0.25, -0.2) is 17.1 Å². The summed E-state index contributed by atoms with van der Waals surface area (Å²) in [7, 11) is -0.435. The highest BCUT2D eigenvalue weighted by Gasteiger charge is 2.17. The van der Waals surface area contributed by atoms with Crippen LogP contribution in [0.2, 0.25) is 0 Å². The van der Waals surface area contributed by atoms with E-state index in [9.17, 15) is 12.8 Å². The van der Waals surface area contributed by atoms with Crippen molar-refractivity contribution in [3.8, 4) is 5.75 Å². The fourth-order valence-corrected chi connectivity index (χ4v) is 3.11. The highest BCUT2D eigenvalue weighted by Crippen LogP contribution is 2.22. The molecule has 1 N–H and O–H groups in total. The summed E-state index contributed by atoms with van der Waals surface area (Å²) < 4.78 is 43.9. The first kappa shape index (κ1) is 19.2. The van der Waals surface area contributed by atoms with Crippen LogP contribution in [0.3, 0.4) is 0 Å². The summed E-state index contributed by atoms with van der Waals surface area (Å²) in [6.07, 6.45) is 0.724. The van der Waals surface area contributed by atoms with E-state index in [1.807, 2.05) is 6.92 Å². The molecule has 5 nitrogen and oxygen atoms in total. The molecule has 2 rings (SSSR count). The Morgan fingerprint density at radius 2 is 1.80 bits per heavy atom. The largest absolute Gasteiger partial charge is 0.494 e. The molecule has 0 aliphatic carbocycles. The van der Waals surface area contributed by atoms with Gasteiger partial charge in [0.15, 0.2) is 0 Å². The van der Waals surface area contributed by atoms with Crippen molar-refractivity contribution < 1.29 is 17.5 Å².